The van der Waals surface area contributed by atoms with E-state index < -0.39 is 5.82 Å². The first-order valence-electron chi connectivity index (χ1n) is 5.12. The van der Waals surface area contributed by atoms with Gasteiger partial charge in [-0.05, 0) is 32.0 Å². The third-order valence-corrected chi connectivity index (χ3v) is 2.68. The molecule has 0 amide bonds. The van der Waals surface area contributed by atoms with Gasteiger partial charge in [-0.1, -0.05) is 18.3 Å². The number of aryl methyl sites for hydroxylation is 2. The maximum absolute atomic E-state index is 13.7. The highest BCUT2D eigenvalue weighted by Gasteiger charge is 2.14. The summed E-state index contributed by atoms with van der Waals surface area (Å²) >= 11 is 4.88. The minimum Gasteiger partial charge on any atom is -0.389 e. The van der Waals surface area contributed by atoms with Gasteiger partial charge in [-0.3, -0.25) is 0 Å². The van der Waals surface area contributed by atoms with Crippen LogP contribution in [-0.2, 0) is 0 Å². The van der Waals surface area contributed by atoms with Gasteiger partial charge in [0, 0.05) is 5.69 Å². The average Bonchev–Trinajstić information content (AvgIpc) is 2.56. The van der Waals surface area contributed by atoms with Gasteiger partial charge in [-0.2, -0.15) is 5.10 Å². The molecule has 0 aliphatic rings. The quantitative estimate of drug-likeness (QED) is 0.830. The number of thiocarbonyl (C=S) groups is 1. The first-order chi connectivity index (χ1) is 8.00. The van der Waals surface area contributed by atoms with Gasteiger partial charge in [0.15, 0.2) is 0 Å². The van der Waals surface area contributed by atoms with E-state index in [1.165, 1.54) is 6.07 Å². The van der Waals surface area contributed by atoms with E-state index in [1.54, 1.807) is 16.8 Å². The SMILES string of the molecule is Cc1cc(C)n(-c2cccc(F)c2C(N)=S)n1. The van der Waals surface area contributed by atoms with Crippen molar-refractivity contribution in [2.24, 2.45) is 5.73 Å². The van der Waals surface area contributed by atoms with Crippen LogP contribution in [0.4, 0.5) is 4.39 Å². The minimum absolute atomic E-state index is 0.0330. The van der Waals surface area contributed by atoms with E-state index in [0.29, 0.717) is 5.69 Å². The number of hydrogen-bond acceptors (Lipinski definition) is 2. The van der Waals surface area contributed by atoms with E-state index >= 15 is 0 Å². The van der Waals surface area contributed by atoms with Crippen molar-refractivity contribution < 1.29 is 4.39 Å². The van der Waals surface area contributed by atoms with Gasteiger partial charge in [0.2, 0.25) is 0 Å². The molecule has 0 unspecified atom stereocenters. The number of nitrogens with two attached hydrogens (primary N) is 1. The lowest BCUT2D eigenvalue weighted by atomic mass is 10.1. The number of halogens is 1. The van der Waals surface area contributed by atoms with Gasteiger partial charge < -0.3 is 5.73 Å². The van der Waals surface area contributed by atoms with Gasteiger partial charge in [-0.15, -0.1) is 0 Å². The van der Waals surface area contributed by atoms with Crippen LogP contribution in [0.15, 0.2) is 24.3 Å². The summed E-state index contributed by atoms with van der Waals surface area (Å²) in [4.78, 5) is 0.0330. The molecule has 0 atom stereocenters. The maximum atomic E-state index is 13.7. The summed E-state index contributed by atoms with van der Waals surface area (Å²) < 4.78 is 15.4. The minimum atomic E-state index is -0.428. The van der Waals surface area contributed by atoms with Crippen LogP contribution in [0.3, 0.4) is 0 Å². The van der Waals surface area contributed by atoms with E-state index in [1.807, 2.05) is 19.9 Å². The molecule has 3 nitrogen and oxygen atoms in total. The van der Waals surface area contributed by atoms with Crippen LogP contribution in [-0.4, -0.2) is 14.8 Å². The monoisotopic (exact) mass is 249 g/mol. The second-order valence-corrected chi connectivity index (χ2v) is 4.28. The third-order valence-electron chi connectivity index (χ3n) is 2.48. The molecule has 1 heterocycles. The first-order valence-corrected chi connectivity index (χ1v) is 5.53. The smallest absolute Gasteiger partial charge is 0.135 e. The average molecular weight is 249 g/mol. The number of benzene rings is 1. The molecule has 88 valence electrons. The standard InChI is InChI=1S/C12H12FN3S/c1-7-6-8(2)16(15-7)10-5-3-4-9(13)11(10)12(14)17/h3-6H,1-2H3,(H2,14,17). The Morgan fingerprint density at radius 3 is 2.65 bits per heavy atom. The molecule has 1 aromatic heterocycles. The molecular formula is C12H12FN3S. The predicted octanol–water partition coefficient (Wildman–Crippen LogP) is 2.26. The van der Waals surface area contributed by atoms with Crippen molar-refractivity contribution in [3.05, 3.63) is 47.0 Å². The summed E-state index contributed by atoms with van der Waals surface area (Å²) in [6.07, 6.45) is 0. The van der Waals surface area contributed by atoms with Crippen molar-refractivity contribution in [2.45, 2.75) is 13.8 Å². The van der Waals surface area contributed by atoms with Crippen LogP contribution >= 0.6 is 12.2 Å². The summed E-state index contributed by atoms with van der Waals surface area (Å²) in [5, 5.41) is 4.30. The molecule has 0 saturated carbocycles. The number of hydrogen-bond donors (Lipinski definition) is 1. The third kappa shape index (κ3) is 2.06. The highest BCUT2D eigenvalue weighted by atomic mass is 32.1. The number of nitrogens with zero attached hydrogens (tertiary/aromatic N) is 2. The van der Waals surface area contributed by atoms with E-state index in [2.05, 4.69) is 5.10 Å². The van der Waals surface area contributed by atoms with Crippen LogP contribution in [0.2, 0.25) is 0 Å². The van der Waals surface area contributed by atoms with Crippen molar-refractivity contribution in [3.63, 3.8) is 0 Å². The molecule has 0 fully saturated rings. The molecule has 1 aromatic carbocycles. The Kier molecular flexibility index (Phi) is 2.93. The molecule has 2 N–H and O–H groups in total. The highest BCUT2D eigenvalue weighted by Crippen LogP contribution is 2.19. The summed E-state index contributed by atoms with van der Waals surface area (Å²) in [5.74, 6) is -0.428. The molecule has 0 aliphatic heterocycles. The normalized spacial score (nSPS) is 10.5. The fourth-order valence-corrected chi connectivity index (χ4v) is 2.01. The number of rotatable bonds is 2. The van der Waals surface area contributed by atoms with Gasteiger partial charge in [-0.25, -0.2) is 9.07 Å². The lowest BCUT2D eigenvalue weighted by Gasteiger charge is -2.10. The first kappa shape index (κ1) is 11.7. The number of aromatic nitrogens is 2. The van der Waals surface area contributed by atoms with Crippen molar-refractivity contribution in [1.82, 2.24) is 9.78 Å². The Morgan fingerprint density at radius 2 is 2.12 bits per heavy atom. The molecule has 0 saturated heterocycles. The van der Waals surface area contributed by atoms with Crippen LogP contribution in [0.5, 0.6) is 0 Å². The van der Waals surface area contributed by atoms with E-state index in [0.717, 1.165) is 11.4 Å². The Balaban J connectivity index is 2.71. The molecule has 2 rings (SSSR count). The molecule has 0 bridgehead atoms. The van der Waals surface area contributed by atoms with Crippen LogP contribution in [0.25, 0.3) is 5.69 Å². The Labute approximate surface area is 104 Å². The Hall–Kier alpha value is -1.75. The largest absolute Gasteiger partial charge is 0.389 e. The van der Waals surface area contributed by atoms with Gasteiger partial charge >= 0.3 is 0 Å². The molecule has 0 radical (unpaired) electrons. The molecule has 2 aromatic rings. The van der Waals surface area contributed by atoms with E-state index in [-0.39, 0.29) is 10.6 Å². The molecule has 17 heavy (non-hydrogen) atoms. The van der Waals surface area contributed by atoms with Crippen molar-refractivity contribution in [3.8, 4) is 5.69 Å². The van der Waals surface area contributed by atoms with Crippen molar-refractivity contribution in [1.29, 1.82) is 0 Å². The van der Waals surface area contributed by atoms with Gasteiger partial charge in [0.1, 0.15) is 10.8 Å². The van der Waals surface area contributed by atoms with Crippen LogP contribution < -0.4 is 5.73 Å². The zero-order chi connectivity index (χ0) is 12.6. The van der Waals surface area contributed by atoms with E-state index in [4.69, 9.17) is 18.0 Å². The van der Waals surface area contributed by atoms with Crippen molar-refractivity contribution >= 4 is 17.2 Å². The van der Waals surface area contributed by atoms with Gasteiger partial charge in [0.25, 0.3) is 0 Å². The lowest BCUT2D eigenvalue weighted by molar-refractivity contribution is 0.622. The summed E-state index contributed by atoms with van der Waals surface area (Å²) in [5.41, 5.74) is 8.13. The van der Waals surface area contributed by atoms with Crippen LogP contribution in [0, 0.1) is 19.7 Å². The van der Waals surface area contributed by atoms with Gasteiger partial charge in [0.05, 0.1) is 16.9 Å². The second-order valence-electron chi connectivity index (χ2n) is 3.84. The molecule has 0 aliphatic carbocycles. The molecular weight excluding hydrogens is 237 g/mol. The summed E-state index contributed by atoms with van der Waals surface area (Å²) in [6.45, 7) is 3.78. The van der Waals surface area contributed by atoms with Crippen molar-refractivity contribution in [2.75, 3.05) is 0 Å². The summed E-state index contributed by atoms with van der Waals surface area (Å²) in [6, 6.07) is 6.61. The predicted molar refractivity (Wildman–Crippen MR) is 68.9 cm³/mol. The molecule has 5 heteroatoms. The highest BCUT2D eigenvalue weighted by molar-refractivity contribution is 7.80. The zero-order valence-corrected chi connectivity index (χ0v) is 10.4. The summed E-state index contributed by atoms with van der Waals surface area (Å²) in [7, 11) is 0. The van der Waals surface area contributed by atoms with Crippen LogP contribution in [0.1, 0.15) is 17.0 Å². The molecule has 0 spiro atoms. The topological polar surface area (TPSA) is 43.8 Å². The Bertz CT molecular complexity index is 589. The lowest BCUT2D eigenvalue weighted by Crippen LogP contribution is -2.16. The van der Waals surface area contributed by atoms with E-state index in [9.17, 15) is 4.39 Å². The zero-order valence-electron chi connectivity index (χ0n) is 9.57. The fraction of sp³-hybridized carbons (Fsp3) is 0.167. The Morgan fingerprint density at radius 1 is 1.41 bits per heavy atom. The fourth-order valence-electron chi connectivity index (χ4n) is 1.81. The maximum Gasteiger partial charge on any atom is 0.135 e. The second kappa shape index (κ2) is 4.25.